The van der Waals surface area contributed by atoms with E-state index in [2.05, 4.69) is 74.6 Å². The zero-order valence-corrected chi connectivity index (χ0v) is 42.2. The second kappa shape index (κ2) is 44.9. The number of rotatable bonds is 46. The van der Waals surface area contributed by atoms with E-state index in [0.29, 0.717) is 23.9 Å². The van der Waals surface area contributed by atoms with Crippen LogP contribution in [0.3, 0.4) is 0 Å². The van der Waals surface area contributed by atoms with Crippen molar-refractivity contribution < 1.29 is 42.1 Å². The van der Waals surface area contributed by atoms with E-state index in [9.17, 15) is 19.0 Å². The molecule has 2 atom stereocenters. The number of esters is 2. The second-order valence-corrected chi connectivity index (χ2v) is 19.6. The molecular formula is C53H97NO8P+. The second-order valence-electron chi connectivity index (χ2n) is 18.2. The van der Waals surface area contributed by atoms with Crippen molar-refractivity contribution >= 4 is 19.8 Å². The number of hydrogen-bond acceptors (Lipinski definition) is 7. The fraction of sp³-hybridized carbons (Fsp3) is 0.774. The van der Waals surface area contributed by atoms with Crippen LogP contribution in [-0.2, 0) is 32.7 Å². The van der Waals surface area contributed by atoms with E-state index in [0.717, 1.165) is 51.4 Å². The first-order valence-electron chi connectivity index (χ1n) is 25.5. The molecule has 0 aromatic rings. The lowest BCUT2D eigenvalue weighted by atomic mass is 10.0. The van der Waals surface area contributed by atoms with Crippen molar-refractivity contribution in [3.8, 4) is 0 Å². The number of phosphoric acid groups is 1. The minimum Gasteiger partial charge on any atom is -0.462 e. The summed E-state index contributed by atoms with van der Waals surface area (Å²) in [6.45, 7) is 4.27. The van der Waals surface area contributed by atoms with E-state index in [-0.39, 0.29) is 26.1 Å². The summed E-state index contributed by atoms with van der Waals surface area (Å²) >= 11 is 0. The molecule has 0 saturated carbocycles. The van der Waals surface area contributed by atoms with Crippen LogP contribution in [0.2, 0.25) is 0 Å². The molecule has 0 spiro atoms. The lowest BCUT2D eigenvalue weighted by Gasteiger charge is -2.24. The van der Waals surface area contributed by atoms with Gasteiger partial charge in [0, 0.05) is 12.8 Å². The van der Waals surface area contributed by atoms with Gasteiger partial charge < -0.3 is 18.9 Å². The summed E-state index contributed by atoms with van der Waals surface area (Å²) in [7, 11) is 1.45. The molecule has 0 fully saturated rings. The minimum absolute atomic E-state index is 0.0219. The molecule has 0 aliphatic rings. The molecular weight excluding hydrogens is 810 g/mol. The quantitative estimate of drug-likeness (QED) is 0.0212. The molecule has 366 valence electrons. The number of quaternary nitrogens is 1. The van der Waals surface area contributed by atoms with Crippen molar-refractivity contribution in [1.29, 1.82) is 0 Å². The average molecular weight is 907 g/mol. The molecule has 0 heterocycles. The van der Waals surface area contributed by atoms with Crippen LogP contribution in [0.5, 0.6) is 0 Å². The Morgan fingerprint density at radius 1 is 0.508 bits per heavy atom. The molecule has 0 aliphatic heterocycles. The van der Waals surface area contributed by atoms with Crippen molar-refractivity contribution in [2.24, 2.45) is 0 Å². The molecule has 63 heavy (non-hydrogen) atoms. The summed E-state index contributed by atoms with van der Waals surface area (Å²) in [5.74, 6) is -0.862. The van der Waals surface area contributed by atoms with E-state index >= 15 is 0 Å². The van der Waals surface area contributed by atoms with Gasteiger partial charge in [0.15, 0.2) is 6.10 Å². The highest BCUT2D eigenvalue weighted by Crippen LogP contribution is 2.43. The summed E-state index contributed by atoms with van der Waals surface area (Å²) in [5.41, 5.74) is 0. The fourth-order valence-electron chi connectivity index (χ4n) is 6.87. The molecule has 0 aromatic heterocycles. The molecule has 9 nitrogen and oxygen atoms in total. The highest BCUT2D eigenvalue weighted by atomic mass is 31.2. The van der Waals surface area contributed by atoms with Gasteiger partial charge in [-0.2, -0.15) is 0 Å². The Morgan fingerprint density at radius 2 is 0.905 bits per heavy atom. The predicted molar refractivity (Wildman–Crippen MR) is 266 cm³/mol. The molecule has 0 saturated heterocycles. The number of ether oxygens (including phenoxy) is 2. The van der Waals surface area contributed by atoms with Gasteiger partial charge in [-0.3, -0.25) is 18.6 Å². The Hall–Kier alpha value is -2.29. The molecule has 1 unspecified atom stereocenters. The third-order valence-corrected chi connectivity index (χ3v) is 11.8. The molecule has 0 rings (SSSR count). The van der Waals surface area contributed by atoms with E-state index in [1.54, 1.807) is 0 Å². The summed E-state index contributed by atoms with van der Waals surface area (Å²) in [4.78, 5) is 35.5. The lowest BCUT2D eigenvalue weighted by molar-refractivity contribution is -0.870. The molecule has 0 aliphatic carbocycles. The van der Waals surface area contributed by atoms with E-state index < -0.39 is 32.5 Å². The number of carbonyl (C=O) groups excluding carboxylic acids is 2. The molecule has 0 aromatic carbocycles. The van der Waals surface area contributed by atoms with E-state index in [4.69, 9.17) is 18.5 Å². The first-order valence-corrected chi connectivity index (χ1v) is 27.0. The third-order valence-electron chi connectivity index (χ3n) is 10.8. The van der Waals surface area contributed by atoms with Crippen LogP contribution in [0.4, 0.5) is 0 Å². The normalized spacial score (nSPS) is 13.9. The van der Waals surface area contributed by atoms with Crippen LogP contribution in [0, 0.1) is 0 Å². The number of unbranched alkanes of at least 4 members (excludes halogenated alkanes) is 22. The van der Waals surface area contributed by atoms with Crippen LogP contribution < -0.4 is 0 Å². The van der Waals surface area contributed by atoms with Crippen molar-refractivity contribution in [3.05, 3.63) is 60.8 Å². The molecule has 0 amide bonds. The van der Waals surface area contributed by atoms with Gasteiger partial charge in [0.05, 0.1) is 27.7 Å². The van der Waals surface area contributed by atoms with Crippen LogP contribution in [0.25, 0.3) is 0 Å². The summed E-state index contributed by atoms with van der Waals surface area (Å²) in [6, 6.07) is 0. The highest BCUT2D eigenvalue weighted by molar-refractivity contribution is 7.47. The van der Waals surface area contributed by atoms with Gasteiger partial charge >= 0.3 is 19.8 Å². The van der Waals surface area contributed by atoms with Gasteiger partial charge in [0.1, 0.15) is 19.8 Å². The average Bonchev–Trinajstić information content (AvgIpc) is 3.24. The number of carbonyl (C=O) groups is 2. The fourth-order valence-corrected chi connectivity index (χ4v) is 7.62. The maximum absolute atomic E-state index is 12.8. The van der Waals surface area contributed by atoms with Gasteiger partial charge in [-0.15, -0.1) is 0 Å². The number of hydrogen-bond donors (Lipinski definition) is 1. The van der Waals surface area contributed by atoms with E-state index in [1.165, 1.54) is 122 Å². The Kier molecular flexibility index (Phi) is 43.3. The number of allylic oxidation sites excluding steroid dienone is 10. The predicted octanol–water partition coefficient (Wildman–Crippen LogP) is 15.2. The molecule has 1 N–H and O–H groups in total. The third kappa shape index (κ3) is 49.0. The van der Waals surface area contributed by atoms with Crippen LogP contribution in [-0.4, -0.2) is 74.9 Å². The van der Waals surface area contributed by atoms with Gasteiger partial charge in [-0.05, 0) is 51.4 Å². The zero-order valence-electron chi connectivity index (χ0n) is 41.3. The first kappa shape index (κ1) is 60.7. The van der Waals surface area contributed by atoms with E-state index in [1.807, 2.05) is 21.1 Å². The molecule has 10 heteroatoms. The minimum atomic E-state index is -4.39. The standard InChI is InChI=1S/C53H96NO8P/c1-6-8-10-12-14-16-18-20-22-24-25-26-27-28-30-32-34-36-38-40-42-44-46-53(56)62-51(50-61-63(57,58)60-48-47-54(3,4)5)49-59-52(55)45-43-41-39-37-35-33-31-29-23-21-19-17-15-13-11-9-7-2/h9,11,15,17,21,23,31,33,37,39,51H,6-8,10,12-14,16,18-20,22,24-30,32,34-36,38,40-50H2,1-5H3/p+1/b11-9+,17-15+,23-21+,33-31+,39-37+/t51-/m1/s1. The zero-order chi connectivity index (χ0) is 46.4. The topological polar surface area (TPSA) is 108 Å². The monoisotopic (exact) mass is 907 g/mol. The molecule has 0 radical (unpaired) electrons. The van der Waals surface area contributed by atoms with Gasteiger partial charge in [-0.1, -0.05) is 209 Å². The van der Waals surface area contributed by atoms with Crippen molar-refractivity contribution in [2.75, 3.05) is 47.5 Å². The Labute approximate surface area is 387 Å². The van der Waals surface area contributed by atoms with Gasteiger partial charge in [0.25, 0.3) is 0 Å². The Bertz CT molecular complexity index is 1250. The number of likely N-dealkylation sites (N-methyl/N-ethyl adjacent to an activating group) is 1. The Morgan fingerprint density at radius 3 is 1.33 bits per heavy atom. The van der Waals surface area contributed by atoms with Crippen molar-refractivity contribution in [1.82, 2.24) is 0 Å². The SMILES string of the molecule is CC/C=C/C/C=C/C/C=C/C/C=C/C/C=C/CCCC(=O)OC[C@H](COP(=O)(O)OCC[N+](C)(C)C)OC(=O)CCCCCCCCCCCCCCCCCCCCCCCC. The summed E-state index contributed by atoms with van der Waals surface area (Å²) < 4.78 is 34.4. The maximum atomic E-state index is 12.8. The van der Waals surface area contributed by atoms with Crippen LogP contribution in [0.15, 0.2) is 60.8 Å². The van der Waals surface area contributed by atoms with Crippen molar-refractivity contribution in [3.63, 3.8) is 0 Å². The number of phosphoric ester groups is 1. The maximum Gasteiger partial charge on any atom is 0.472 e. The van der Waals surface area contributed by atoms with Crippen molar-refractivity contribution in [2.45, 2.75) is 219 Å². The Balaban J connectivity index is 4.30. The summed E-state index contributed by atoms with van der Waals surface area (Å²) in [5, 5.41) is 0. The van der Waals surface area contributed by atoms with Crippen LogP contribution in [0.1, 0.15) is 213 Å². The van der Waals surface area contributed by atoms with Crippen LogP contribution >= 0.6 is 7.82 Å². The van der Waals surface area contributed by atoms with Gasteiger partial charge in [-0.25, -0.2) is 4.57 Å². The number of nitrogens with zero attached hydrogens (tertiary/aromatic N) is 1. The lowest BCUT2D eigenvalue weighted by Crippen LogP contribution is -2.37. The molecule has 0 bridgehead atoms. The largest absolute Gasteiger partial charge is 0.472 e. The smallest absolute Gasteiger partial charge is 0.462 e. The first-order chi connectivity index (χ1) is 30.5. The highest BCUT2D eigenvalue weighted by Gasteiger charge is 2.27. The summed E-state index contributed by atoms with van der Waals surface area (Å²) in [6.07, 6.45) is 55.7. The van der Waals surface area contributed by atoms with Gasteiger partial charge in [0.2, 0.25) is 0 Å².